The number of aliphatic carboxylic acids is 1. The van der Waals surface area contributed by atoms with Crippen molar-refractivity contribution in [2.75, 3.05) is 5.32 Å². The molecule has 2 N–H and O–H groups in total. The molecule has 1 aromatic heterocycles. The Morgan fingerprint density at radius 3 is 2.89 bits per heavy atom. The molecule has 2 rings (SSSR count). The number of nitrogens with zero attached hydrogens (tertiary/aromatic N) is 2. The smallest absolute Gasteiger partial charge is 0.325 e. The first-order valence-corrected chi connectivity index (χ1v) is 5.75. The SMILES string of the molecule is CC(Nc1cccc(Cl)c1-n1cccn1)C(=O)O. The molecule has 1 heterocycles. The van der Waals surface area contributed by atoms with Crippen LogP contribution in [0.2, 0.25) is 5.02 Å². The molecule has 0 fully saturated rings. The predicted molar refractivity (Wildman–Crippen MR) is 69.3 cm³/mol. The van der Waals surface area contributed by atoms with Gasteiger partial charge in [-0.25, -0.2) is 4.68 Å². The van der Waals surface area contributed by atoms with Gasteiger partial charge in [-0.3, -0.25) is 4.79 Å². The van der Waals surface area contributed by atoms with Crippen molar-refractivity contribution in [2.45, 2.75) is 13.0 Å². The first-order valence-electron chi connectivity index (χ1n) is 5.37. The van der Waals surface area contributed by atoms with Gasteiger partial charge in [-0.2, -0.15) is 5.10 Å². The molecular weight excluding hydrogens is 254 g/mol. The van der Waals surface area contributed by atoms with E-state index in [9.17, 15) is 4.79 Å². The zero-order chi connectivity index (χ0) is 13.1. The van der Waals surface area contributed by atoms with Crippen molar-refractivity contribution >= 4 is 23.3 Å². The number of benzene rings is 1. The minimum absolute atomic E-state index is 0.501. The Kier molecular flexibility index (Phi) is 3.53. The topological polar surface area (TPSA) is 67.2 Å². The Balaban J connectivity index is 2.42. The van der Waals surface area contributed by atoms with Crippen LogP contribution < -0.4 is 5.32 Å². The number of nitrogens with one attached hydrogen (secondary N) is 1. The highest BCUT2D eigenvalue weighted by molar-refractivity contribution is 6.33. The van der Waals surface area contributed by atoms with E-state index in [1.807, 2.05) is 0 Å². The van der Waals surface area contributed by atoms with Gasteiger partial charge in [0.05, 0.1) is 10.7 Å². The largest absolute Gasteiger partial charge is 0.480 e. The van der Waals surface area contributed by atoms with Crippen molar-refractivity contribution in [1.82, 2.24) is 9.78 Å². The molecule has 0 saturated carbocycles. The summed E-state index contributed by atoms with van der Waals surface area (Å²) in [5.74, 6) is -0.929. The van der Waals surface area contributed by atoms with Crippen LogP contribution in [0.5, 0.6) is 0 Å². The van der Waals surface area contributed by atoms with Crippen molar-refractivity contribution in [3.8, 4) is 5.69 Å². The second kappa shape index (κ2) is 5.10. The van der Waals surface area contributed by atoms with Crippen LogP contribution in [0, 0.1) is 0 Å². The quantitative estimate of drug-likeness (QED) is 0.891. The highest BCUT2D eigenvalue weighted by Crippen LogP contribution is 2.28. The molecule has 0 aliphatic rings. The third-order valence-corrected chi connectivity index (χ3v) is 2.77. The summed E-state index contributed by atoms with van der Waals surface area (Å²) >= 11 is 6.14. The van der Waals surface area contributed by atoms with Gasteiger partial charge in [0.1, 0.15) is 11.7 Å². The van der Waals surface area contributed by atoms with E-state index in [-0.39, 0.29) is 0 Å². The van der Waals surface area contributed by atoms with Crippen LogP contribution in [0.3, 0.4) is 0 Å². The van der Waals surface area contributed by atoms with E-state index in [0.717, 1.165) is 0 Å². The third kappa shape index (κ3) is 2.46. The van der Waals surface area contributed by atoms with E-state index >= 15 is 0 Å². The average Bonchev–Trinajstić information content (AvgIpc) is 2.82. The number of carbonyl (C=O) groups is 1. The summed E-state index contributed by atoms with van der Waals surface area (Å²) in [6, 6.07) is 6.31. The van der Waals surface area contributed by atoms with Crippen LogP contribution in [0.15, 0.2) is 36.7 Å². The molecule has 0 aliphatic carbocycles. The molecule has 0 amide bonds. The fourth-order valence-electron chi connectivity index (χ4n) is 1.56. The van der Waals surface area contributed by atoms with Gasteiger partial charge >= 0.3 is 5.97 Å². The number of hydrogen-bond donors (Lipinski definition) is 2. The lowest BCUT2D eigenvalue weighted by molar-refractivity contribution is -0.137. The van der Waals surface area contributed by atoms with Gasteiger partial charge in [-0.1, -0.05) is 17.7 Å². The standard InChI is InChI=1S/C12H12ClN3O2/c1-8(12(17)18)15-10-5-2-4-9(13)11(10)16-7-3-6-14-16/h2-8,15H,1H3,(H,17,18). The van der Waals surface area contributed by atoms with Crippen molar-refractivity contribution in [1.29, 1.82) is 0 Å². The maximum absolute atomic E-state index is 10.9. The summed E-state index contributed by atoms with van der Waals surface area (Å²) in [5.41, 5.74) is 1.26. The van der Waals surface area contributed by atoms with Gasteiger partial charge in [0.15, 0.2) is 0 Å². The van der Waals surface area contributed by atoms with Gasteiger partial charge in [0.25, 0.3) is 0 Å². The van der Waals surface area contributed by atoms with Crippen LogP contribution in [0.1, 0.15) is 6.92 Å². The average molecular weight is 266 g/mol. The molecule has 18 heavy (non-hydrogen) atoms. The Morgan fingerprint density at radius 2 is 2.28 bits per heavy atom. The number of halogens is 1. The van der Waals surface area contributed by atoms with E-state index in [2.05, 4.69) is 10.4 Å². The Morgan fingerprint density at radius 1 is 1.50 bits per heavy atom. The molecule has 0 aliphatic heterocycles. The predicted octanol–water partition coefficient (Wildman–Crippen LogP) is 2.41. The number of carboxylic acid groups (broad SMARTS) is 1. The van der Waals surface area contributed by atoms with Crippen LogP contribution in [0.25, 0.3) is 5.69 Å². The lowest BCUT2D eigenvalue weighted by Gasteiger charge is -2.16. The van der Waals surface area contributed by atoms with Gasteiger partial charge in [0, 0.05) is 12.4 Å². The van der Waals surface area contributed by atoms with Crippen LogP contribution in [-0.2, 0) is 4.79 Å². The highest BCUT2D eigenvalue weighted by atomic mass is 35.5. The van der Waals surface area contributed by atoms with E-state index < -0.39 is 12.0 Å². The van der Waals surface area contributed by atoms with Gasteiger partial charge in [-0.05, 0) is 25.1 Å². The number of hydrogen-bond acceptors (Lipinski definition) is 3. The molecule has 1 atom stereocenters. The van der Waals surface area contributed by atoms with Crippen molar-refractivity contribution in [3.63, 3.8) is 0 Å². The summed E-state index contributed by atoms with van der Waals surface area (Å²) < 4.78 is 1.60. The van der Waals surface area contributed by atoms with Crippen LogP contribution in [-0.4, -0.2) is 26.9 Å². The fraction of sp³-hybridized carbons (Fsp3) is 0.167. The van der Waals surface area contributed by atoms with E-state index in [1.165, 1.54) is 0 Å². The number of anilines is 1. The number of carboxylic acids is 1. The Bertz CT molecular complexity index is 554. The molecule has 5 nitrogen and oxygen atoms in total. The van der Waals surface area contributed by atoms with Gasteiger partial charge in [0.2, 0.25) is 0 Å². The third-order valence-electron chi connectivity index (χ3n) is 2.46. The van der Waals surface area contributed by atoms with Gasteiger partial charge in [-0.15, -0.1) is 0 Å². The first-order chi connectivity index (χ1) is 8.59. The summed E-state index contributed by atoms with van der Waals surface area (Å²) in [7, 11) is 0. The van der Waals surface area contributed by atoms with Crippen LogP contribution in [0.4, 0.5) is 5.69 Å². The molecule has 1 unspecified atom stereocenters. The molecule has 2 aromatic rings. The summed E-state index contributed by atoms with van der Waals surface area (Å²) in [6.45, 7) is 1.57. The van der Waals surface area contributed by atoms with Crippen molar-refractivity contribution in [3.05, 3.63) is 41.7 Å². The number of aromatic nitrogens is 2. The molecular formula is C12H12ClN3O2. The van der Waals surface area contributed by atoms with Crippen molar-refractivity contribution < 1.29 is 9.90 Å². The molecule has 0 spiro atoms. The summed E-state index contributed by atoms with van der Waals surface area (Å²) in [5, 5.41) is 16.4. The van der Waals surface area contributed by atoms with E-state index in [4.69, 9.17) is 16.7 Å². The maximum Gasteiger partial charge on any atom is 0.325 e. The summed E-state index contributed by atoms with van der Waals surface area (Å²) in [4.78, 5) is 10.9. The zero-order valence-electron chi connectivity index (χ0n) is 9.67. The maximum atomic E-state index is 10.9. The highest BCUT2D eigenvalue weighted by Gasteiger charge is 2.15. The molecule has 94 valence electrons. The molecule has 0 saturated heterocycles. The Labute approximate surface area is 109 Å². The monoisotopic (exact) mass is 265 g/mol. The van der Waals surface area contributed by atoms with Crippen LogP contribution >= 0.6 is 11.6 Å². The number of para-hydroxylation sites is 1. The number of rotatable bonds is 4. The minimum atomic E-state index is -0.929. The normalized spacial score (nSPS) is 12.1. The first kappa shape index (κ1) is 12.4. The molecule has 6 heteroatoms. The molecule has 0 bridgehead atoms. The minimum Gasteiger partial charge on any atom is -0.480 e. The lowest BCUT2D eigenvalue weighted by atomic mass is 10.2. The molecule has 0 radical (unpaired) electrons. The lowest BCUT2D eigenvalue weighted by Crippen LogP contribution is -2.26. The zero-order valence-corrected chi connectivity index (χ0v) is 10.4. The second-order valence-corrected chi connectivity index (χ2v) is 4.20. The summed E-state index contributed by atoms with van der Waals surface area (Å²) in [6.07, 6.45) is 3.38. The van der Waals surface area contributed by atoms with Gasteiger partial charge < -0.3 is 10.4 Å². The van der Waals surface area contributed by atoms with E-state index in [0.29, 0.717) is 16.4 Å². The van der Waals surface area contributed by atoms with Crippen molar-refractivity contribution in [2.24, 2.45) is 0 Å². The molecule has 1 aromatic carbocycles. The second-order valence-electron chi connectivity index (χ2n) is 3.79. The van der Waals surface area contributed by atoms with E-state index in [1.54, 1.807) is 48.3 Å². The Hall–Kier alpha value is -2.01. The fourth-order valence-corrected chi connectivity index (χ4v) is 1.82.